The van der Waals surface area contributed by atoms with E-state index in [1.54, 1.807) is 5.38 Å². The summed E-state index contributed by atoms with van der Waals surface area (Å²) in [5, 5.41) is 5.51. The van der Waals surface area contributed by atoms with E-state index in [0.717, 1.165) is 36.0 Å². The highest BCUT2D eigenvalue weighted by Gasteiger charge is 2.15. The van der Waals surface area contributed by atoms with Gasteiger partial charge >= 0.3 is 0 Å². The number of hydrogen-bond acceptors (Lipinski definition) is 6. The van der Waals surface area contributed by atoms with Gasteiger partial charge in [0.25, 0.3) is 5.91 Å². The molecule has 0 bridgehead atoms. The summed E-state index contributed by atoms with van der Waals surface area (Å²) in [6.07, 6.45) is 4.32. The van der Waals surface area contributed by atoms with Crippen LogP contribution in [0.4, 0.5) is 5.82 Å². The summed E-state index contributed by atoms with van der Waals surface area (Å²) >= 11 is 1.47. The molecule has 6 nitrogen and oxygen atoms in total. The number of thiazole rings is 1. The van der Waals surface area contributed by atoms with Crippen molar-refractivity contribution in [3.63, 3.8) is 0 Å². The molecular formula is C17H23N5OS. The highest BCUT2D eigenvalue weighted by molar-refractivity contribution is 7.13. The Morgan fingerprint density at radius 3 is 2.79 bits per heavy atom. The summed E-state index contributed by atoms with van der Waals surface area (Å²) in [4.78, 5) is 25.4. The van der Waals surface area contributed by atoms with Gasteiger partial charge in [-0.3, -0.25) is 4.79 Å². The number of anilines is 1. The normalized spacial score (nSPS) is 14.4. The van der Waals surface area contributed by atoms with Gasteiger partial charge in [-0.15, -0.1) is 11.3 Å². The summed E-state index contributed by atoms with van der Waals surface area (Å²) in [7, 11) is 3.96. The van der Waals surface area contributed by atoms with Gasteiger partial charge in [0.05, 0.1) is 0 Å². The van der Waals surface area contributed by atoms with E-state index in [1.807, 2.05) is 37.3 Å². The maximum atomic E-state index is 12.1. The van der Waals surface area contributed by atoms with Gasteiger partial charge in [0.2, 0.25) is 0 Å². The maximum Gasteiger partial charge on any atom is 0.270 e. The zero-order valence-corrected chi connectivity index (χ0v) is 15.0. The van der Waals surface area contributed by atoms with E-state index in [2.05, 4.69) is 20.2 Å². The Balaban J connectivity index is 1.63. The van der Waals surface area contributed by atoms with Crippen LogP contribution in [0.1, 0.15) is 23.3 Å². The van der Waals surface area contributed by atoms with E-state index in [1.165, 1.54) is 24.2 Å². The minimum Gasteiger partial charge on any atom is -0.357 e. The zero-order valence-electron chi connectivity index (χ0n) is 14.2. The van der Waals surface area contributed by atoms with E-state index in [0.29, 0.717) is 12.2 Å². The molecule has 1 N–H and O–H groups in total. The molecule has 0 aromatic carbocycles. The molecule has 7 heteroatoms. The number of nitrogens with one attached hydrogen (secondary N) is 1. The number of amides is 1. The van der Waals surface area contributed by atoms with Crippen LogP contribution in [0.25, 0.3) is 10.6 Å². The minimum absolute atomic E-state index is 0.124. The molecule has 1 fully saturated rings. The topological polar surface area (TPSA) is 61.4 Å². The second-order valence-electron chi connectivity index (χ2n) is 6.20. The Morgan fingerprint density at radius 1 is 1.33 bits per heavy atom. The lowest BCUT2D eigenvalue weighted by Gasteiger charge is -2.15. The molecule has 0 atom stereocenters. The van der Waals surface area contributed by atoms with Gasteiger partial charge < -0.3 is 15.1 Å². The molecule has 0 aliphatic carbocycles. The number of likely N-dealkylation sites (N-methyl/N-ethyl adjacent to an activating group) is 1. The van der Waals surface area contributed by atoms with Crippen LogP contribution in [0, 0.1) is 0 Å². The predicted octanol–water partition coefficient (Wildman–Crippen LogP) is 2.10. The lowest BCUT2D eigenvalue weighted by Crippen LogP contribution is -2.31. The van der Waals surface area contributed by atoms with E-state index in [9.17, 15) is 4.79 Å². The Hall–Kier alpha value is -1.99. The second-order valence-corrected chi connectivity index (χ2v) is 7.05. The number of rotatable bonds is 6. The van der Waals surface area contributed by atoms with E-state index in [4.69, 9.17) is 0 Å². The molecule has 3 heterocycles. The van der Waals surface area contributed by atoms with Crippen molar-refractivity contribution in [2.45, 2.75) is 12.8 Å². The van der Waals surface area contributed by atoms with Gasteiger partial charge in [-0.1, -0.05) is 0 Å². The molecule has 24 heavy (non-hydrogen) atoms. The molecule has 1 amide bonds. The number of nitrogens with zero attached hydrogens (tertiary/aromatic N) is 4. The van der Waals surface area contributed by atoms with Gasteiger partial charge in [-0.25, -0.2) is 9.97 Å². The molecule has 1 aliphatic rings. The van der Waals surface area contributed by atoms with Crippen LogP contribution in [0.15, 0.2) is 23.7 Å². The molecule has 0 spiro atoms. The molecule has 1 aliphatic heterocycles. The molecule has 2 aromatic rings. The van der Waals surface area contributed by atoms with Crippen LogP contribution < -0.4 is 10.2 Å². The van der Waals surface area contributed by atoms with Crippen molar-refractivity contribution in [2.24, 2.45) is 0 Å². The monoisotopic (exact) mass is 345 g/mol. The third-order valence-electron chi connectivity index (χ3n) is 4.01. The first-order valence-corrected chi connectivity index (χ1v) is 9.11. The Kier molecular flexibility index (Phi) is 5.42. The fraction of sp³-hybridized carbons (Fsp3) is 0.471. The molecule has 128 valence electrons. The number of aromatic nitrogens is 2. The first-order valence-electron chi connectivity index (χ1n) is 8.23. The predicted molar refractivity (Wildman–Crippen MR) is 97.7 cm³/mol. The van der Waals surface area contributed by atoms with E-state index >= 15 is 0 Å². The summed E-state index contributed by atoms with van der Waals surface area (Å²) in [6, 6.07) is 4.08. The van der Waals surface area contributed by atoms with Gasteiger partial charge in [-0.2, -0.15) is 0 Å². The van der Waals surface area contributed by atoms with Crippen LogP contribution in [-0.4, -0.2) is 61.0 Å². The number of pyridine rings is 1. The molecule has 3 rings (SSSR count). The average Bonchev–Trinajstić information content (AvgIpc) is 3.26. The quantitative estimate of drug-likeness (QED) is 0.869. The summed E-state index contributed by atoms with van der Waals surface area (Å²) in [5.74, 6) is 0.899. The van der Waals surface area contributed by atoms with Crippen LogP contribution in [0.5, 0.6) is 0 Å². The van der Waals surface area contributed by atoms with Crippen LogP contribution in [0.2, 0.25) is 0 Å². The van der Waals surface area contributed by atoms with Gasteiger partial charge in [0.1, 0.15) is 16.5 Å². The molecular weight excluding hydrogens is 322 g/mol. The maximum absolute atomic E-state index is 12.1. The molecule has 0 unspecified atom stereocenters. The van der Waals surface area contributed by atoms with Crippen molar-refractivity contribution < 1.29 is 4.79 Å². The van der Waals surface area contributed by atoms with Crippen LogP contribution in [-0.2, 0) is 0 Å². The summed E-state index contributed by atoms with van der Waals surface area (Å²) in [5.41, 5.74) is 1.42. The third-order valence-corrected chi connectivity index (χ3v) is 4.90. The SMILES string of the molecule is CN(C)CCNC(=O)c1csc(-c2ccc(N3CCCC3)nc2)n1. The largest absolute Gasteiger partial charge is 0.357 e. The fourth-order valence-electron chi connectivity index (χ4n) is 2.64. The number of hydrogen-bond donors (Lipinski definition) is 1. The van der Waals surface area contributed by atoms with Gasteiger partial charge in [0.15, 0.2) is 0 Å². The van der Waals surface area contributed by atoms with Gasteiger partial charge in [0, 0.05) is 43.3 Å². The van der Waals surface area contributed by atoms with Gasteiger partial charge in [-0.05, 0) is 39.1 Å². The Bertz CT molecular complexity index is 677. The first kappa shape index (κ1) is 16.9. The molecule has 1 saturated heterocycles. The third kappa shape index (κ3) is 4.10. The number of carbonyl (C=O) groups excluding carboxylic acids is 1. The average molecular weight is 345 g/mol. The van der Waals surface area contributed by atoms with Crippen molar-refractivity contribution in [3.8, 4) is 10.6 Å². The lowest BCUT2D eigenvalue weighted by atomic mass is 10.3. The first-order chi connectivity index (χ1) is 11.6. The second kappa shape index (κ2) is 7.72. The Labute approximate surface area is 146 Å². The highest BCUT2D eigenvalue weighted by Crippen LogP contribution is 2.25. The summed E-state index contributed by atoms with van der Waals surface area (Å²) < 4.78 is 0. The van der Waals surface area contributed by atoms with Crippen LogP contribution in [0.3, 0.4) is 0 Å². The molecule has 0 saturated carbocycles. The van der Waals surface area contributed by atoms with Crippen molar-refractivity contribution in [2.75, 3.05) is 45.2 Å². The lowest BCUT2D eigenvalue weighted by molar-refractivity contribution is 0.0947. The summed E-state index contributed by atoms with van der Waals surface area (Å²) in [6.45, 7) is 3.59. The van der Waals surface area contributed by atoms with E-state index < -0.39 is 0 Å². The zero-order chi connectivity index (χ0) is 16.9. The van der Waals surface area contributed by atoms with Crippen molar-refractivity contribution in [1.29, 1.82) is 0 Å². The van der Waals surface area contributed by atoms with Crippen molar-refractivity contribution >= 4 is 23.1 Å². The van der Waals surface area contributed by atoms with E-state index in [-0.39, 0.29) is 5.91 Å². The standard InChI is InChI=1S/C17H23N5OS/c1-21(2)10-7-18-16(23)14-12-24-17(20-14)13-5-6-15(19-11-13)22-8-3-4-9-22/h5-6,11-12H,3-4,7-10H2,1-2H3,(H,18,23). The minimum atomic E-state index is -0.124. The highest BCUT2D eigenvalue weighted by atomic mass is 32.1. The van der Waals surface area contributed by atoms with Crippen molar-refractivity contribution in [3.05, 3.63) is 29.4 Å². The van der Waals surface area contributed by atoms with Crippen molar-refractivity contribution in [1.82, 2.24) is 20.2 Å². The Morgan fingerprint density at radius 2 is 2.12 bits per heavy atom. The molecule has 2 aromatic heterocycles. The molecule has 0 radical (unpaired) electrons. The van der Waals surface area contributed by atoms with Crippen LogP contribution >= 0.6 is 11.3 Å². The number of carbonyl (C=O) groups is 1. The fourth-order valence-corrected chi connectivity index (χ4v) is 3.43. The smallest absolute Gasteiger partial charge is 0.270 e.